The van der Waals surface area contributed by atoms with Gasteiger partial charge in [0.25, 0.3) is 5.91 Å². The number of aromatic amines is 3. The summed E-state index contributed by atoms with van der Waals surface area (Å²) < 4.78 is 9.13. The zero-order valence-electron chi connectivity index (χ0n) is 40.5. The quantitative estimate of drug-likeness (QED) is 0.0552. The van der Waals surface area contributed by atoms with Crippen LogP contribution in [-0.2, 0) is 14.3 Å². The molecule has 6 heterocycles. The Bertz CT molecular complexity index is 3280. The molecule has 33 heteroatoms. The second-order valence-corrected chi connectivity index (χ2v) is 17.0. The highest BCUT2D eigenvalue weighted by Gasteiger charge is 2.24. The Hall–Kier alpha value is -9.23. The number of esters is 1. The standard InChI is InChI=1S/C21H22Cl2N6O7.C10H12N4O4.C7H6ClNO3.C7H8N2O3/c22-10-3-12(19(35)13(23)4-10)14(5-18(33)34)27-17(32)8-24-20(36)9-1-15(28-16(31)2-9)29-21-25-6-11(30)7-26-21;15-6-3-11-10(12-4-6)14-7-1-5(9(17)18)2-8(16)13-7;1-12-6-3-4(7(10)11)2-5(8)9-6;1-12-7(11)4-2-5(8)9-6(10)3-4/h1-4,11,14,30,35H,5-8H2,(H,24,36)(H,27,32)(H,33,34)(H3,25,26,28,29,31);1-2,6,15H,3-4H2,(H,17,18)(H3,11,12,13,14,16);2-3H,1H3,(H,10,11);2-3H,1H3,(H3,8,9,10)/t14-;;;/m0.../s1. The predicted octanol–water partition coefficient (Wildman–Crippen LogP) is 0.172. The number of aromatic hydroxyl groups is 1. The monoisotopic (exact) mass is 1150 g/mol. The summed E-state index contributed by atoms with van der Waals surface area (Å²) in [6.45, 7) is 0.447. The fourth-order valence-corrected chi connectivity index (χ4v) is 6.95. The number of H-pyrrole nitrogens is 3. The van der Waals surface area contributed by atoms with Crippen molar-refractivity contribution in [3.8, 4) is 11.6 Å². The molecule has 2 aliphatic heterocycles. The number of aliphatic carboxylic acids is 1. The van der Waals surface area contributed by atoms with Gasteiger partial charge in [-0.1, -0.05) is 34.8 Å². The van der Waals surface area contributed by atoms with E-state index in [0.29, 0.717) is 18.5 Å². The maximum Gasteiger partial charge on any atom is 0.338 e. The lowest BCUT2D eigenvalue weighted by molar-refractivity contribution is -0.137. The molecule has 5 aromatic rings. The Labute approximate surface area is 452 Å². The summed E-state index contributed by atoms with van der Waals surface area (Å²) in [4.78, 5) is 121. The molecule has 2 amide bonds. The normalized spacial score (nSPS) is 14.5. The summed E-state index contributed by atoms with van der Waals surface area (Å²) in [5, 5.41) is 71.5. The first-order valence-electron chi connectivity index (χ1n) is 22.0. The third kappa shape index (κ3) is 20.1. The number of anilines is 3. The number of nitrogen functional groups attached to an aromatic ring is 1. The molecule has 2 aliphatic rings. The zero-order chi connectivity index (χ0) is 57.8. The number of aromatic carboxylic acids is 2. The topological polar surface area (TPSA) is 477 Å². The number of phenolic OH excluding ortho intramolecular Hbond substituents is 1. The number of β-amino-alcohol motifs (C(OH)–C–C–N with tert-alkyl or cyclic N) is 2. The molecule has 78 heavy (non-hydrogen) atoms. The second-order valence-electron chi connectivity index (χ2n) is 15.7. The molecular formula is C45H48Cl3N13O17. The van der Waals surface area contributed by atoms with Crippen molar-refractivity contribution in [1.82, 2.24) is 41.2 Å². The lowest BCUT2D eigenvalue weighted by atomic mass is 10.0. The number of phenols is 1. The van der Waals surface area contributed by atoms with Gasteiger partial charge in [-0.3, -0.25) is 38.8 Å². The van der Waals surface area contributed by atoms with Crippen LogP contribution in [0.25, 0.3) is 0 Å². The molecule has 30 nitrogen and oxygen atoms in total. The van der Waals surface area contributed by atoms with Crippen molar-refractivity contribution < 1.29 is 68.9 Å². The lowest BCUT2D eigenvalue weighted by Crippen LogP contribution is -2.43. The first-order valence-corrected chi connectivity index (χ1v) is 23.1. The van der Waals surface area contributed by atoms with Crippen molar-refractivity contribution >= 4 is 99.9 Å². The van der Waals surface area contributed by atoms with E-state index in [1.165, 1.54) is 56.7 Å². The van der Waals surface area contributed by atoms with E-state index in [4.69, 9.17) is 55.5 Å². The number of benzene rings is 1. The Morgan fingerprint density at radius 3 is 1.74 bits per heavy atom. The van der Waals surface area contributed by atoms with E-state index in [1.807, 2.05) is 0 Å². The number of nitrogens with one attached hydrogen (secondary N) is 9. The van der Waals surface area contributed by atoms with Crippen LogP contribution in [0.3, 0.4) is 0 Å². The van der Waals surface area contributed by atoms with Crippen LogP contribution >= 0.6 is 34.8 Å². The third-order valence-electron chi connectivity index (χ3n) is 9.70. The van der Waals surface area contributed by atoms with E-state index in [-0.39, 0.29) is 86.0 Å². The molecule has 0 aliphatic carbocycles. The summed E-state index contributed by atoms with van der Waals surface area (Å²) in [6.07, 6.45) is -1.77. The number of hydrogen-bond donors (Lipinski definition) is 16. The third-order valence-corrected chi connectivity index (χ3v) is 10.4. The molecule has 0 saturated heterocycles. The van der Waals surface area contributed by atoms with Crippen molar-refractivity contribution in [3.05, 3.63) is 135 Å². The number of hydrogen-bond acceptors (Lipinski definition) is 22. The molecule has 0 bridgehead atoms. The van der Waals surface area contributed by atoms with Crippen LogP contribution in [0.4, 0.5) is 17.5 Å². The average molecular weight is 1150 g/mol. The number of halogens is 3. The number of guanidine groups is 2. The Kier molecular flexibility index (Phi) is 22.9. The molecule has 17 N–H and O–H groups in total. The van der Waals surface area contributed by atoms with E-state index < -0.39 is 89.3 Å². The maximum absolute atomic E-state index is 12.5. The number of nitrogens with zero attached hydrogens (tertiary/aromatic N) is 3. The SMILES string of the molecule is COC(=O)c1cc(N)[nH]c(=O)c1.COc1cc(C(=O)O)cc(Cl)n1.O=C(O)C[C@H](NC(=O)CNC(=O)c1cc(NC2=NCC(O)CN2)[nH]c(=O)c1)c1cc(Cl)cc(Cl)c1O.O=C(O)c1cc(NC2=NCC(O)CN2)[nH]c(=O)c1. The highest BCUT2D eigenvalue weighted by atomic mass is 35.5. The highest BCUT2D eigenvalue weighted by molar-refractivity contribution is 6.35. The number of nitrogens with two attached hydrogens (primary N) is 1. The fraction of sp³-hybridized carbons (Fsp3) is 0.244. The van der Waals surface area contributed by atoms with Crippen molar-refractivity contribution in [2.45, 2.75) is 24.7 Å². The lowest BCUT2D eigenvalue weighted by Gasteiger charge is -2.20. The summed E-state index contributed by atoms with van der Waals surface area (Å²) >= 11 is 17.3. The van der Waals surface area contributed by atoms with Crippen molar-refractivity contribution in [3.63, 3.8) is 0 Å². The van der Waals surface area contributed by atoms with Gasteiger partial charge in [-0.15, -0.1) is 0 Å². The van der Waals surface area contributed by atoms with E-state index in [0.717, 1.165) is 18.2 Å². The number of aliphatic imine (C=N–C) groups is 2. The van der Waals surface area contributed by atoms with Crippen molar-refractivity contribution in [2.75, 3.05) is 63.3 Å². The number of carbonyl (C=O) groups excluding carboxylic acids is 3. The first kappa shape index (κ1) is 61.3. The van der Waals surface area contributed by atoms with Gasteiger partial charge >= 0.3 is 23.9 Å². The van der Waals surface area contributed by atoms with Gasteiger partial charge in [-0.25, -0.2) is 19.4 Å². The molecule has 0 saturated carbocycles. The minimum atomic E-state index is -1.27. The Morgan fingerprint density at radius 2 is 1.24 bits per heavy atom. The van der Waals surface area contributed by atoms with Crippen LogP contribution < -0.4 is 59.0 Å². The number of aliphatic hydroxyl groups is 2. The summed E-state index contributed by atoms with van der Waals surface area (Å²) in [5.74, 6) is -4.67. The molecule has 2 unspecified atom stereocenters. The van der Waals surface area contributed by atoms with Crippen LogP contribution in [0, 0.1) is 0 Å². The van der Waals surface area contributed by atoms with Gasteiger partial charge in [0, 0.05) is 53.5 Å². The average Bonchev–Trinajstić information content (AvgIpc) is 3.37. The minimum Gasteiger partial charge on any atom is -0.506 e. The van der Waals surface area contributed by atoms with Gasteiger partial charge in [0.1, 0.15) is 28.4 Å². The first-order chi connectivity index (χ1) is 36.8. The number of carboxylic acid groups (broad SMARTS) is 3. The molecule has 3 atom stereocenters. The molecule has 416 valence electrons. The molecule has 0 radical (unpaired) electrons. The van der Waals surface area contributed by atoms with E-state index in [2.05, 4.69) is 66.6 Å². The molecule has 7 rings (SSSR count). The molecule has 0 spiro atoms. The number of ether oxygens (including phenoxy) is 2. The number of carbonyl (C=O) groups is 6. The number of methoxy groups -OCH3 is 2. The van der Waals surface area contributed by atoms with Gasteiger partial charge in [0.05, 0.1) is 80.2 Å². The van der Waals surface area contributed by atoms with E-state index in [1.54, 1.807) is 0 Å². The largest absolute Gasteiger partial charge is 0.506 e. The van der Waals surface area contributed by atoms with Crippen molar-refractivity contribution in [1.29, 1.82) is 0 Å². The number of amides is 2. The van der Waals surface area contributed by atoms with Gasteiger partial charge in [-0.05, 0) is 36.4 Å². The number of carboxylic acids is 3. The number of rotatable bonds is 13. The van der Waals surface area contributed by atoms with E-state index in [9.17, 15) is 63.6 Å². The summed E-state index contributed by atoms with van der Waals surface area (Å²) in [5.41, 5.74) is 3.78. The fourth-order valence-electron chi connectivity index (χ4n) is 6.24. The molecule has 0 fully saturated rings. The second kappa shape index (κ2) is 29.2. The van der Waals surface area contributed by atoms with Crippen LogP contribution in [0.15, 0.2) is 85.0 Å². The Balaban J connectivity index is 0.000000257. The van der Waals surface area contributed by atoms with Gasteiger partial charge in [-0.2, -0.15) is 0 Å². The van der Waals surface area contributed by atoms with Gasteiger partial charge in [0.2, 0.25) is 28.5 Å². The van der Waals surface area contributed by atoms with Crippen LogP contribution in [0.1, 0.15) is 59.5 Å². The van der Waals surface area contributed by atoms with E-state index >= 15 is 0 Å². The maximum atomic E-state index is 12.5. The number of aromatic nitrogens is 4. The molecule has 4 aromatic heterocycles. The predicted molar refractivity (Wildman–Crippen MR) is 280 cm³/mol. The summed E-state index contributed by atoms with van der Waals surface area (Å²) in [6, 6.07) is 11.0. The smallest absolute Gasteiger partial charge is 0.338 e. The Morgan fingerprint density at radius 1 is 0.718 bits per heavy atom. The van der Waals surface area contributed by atoms with Gasteiger partial charge in [0.15, 0.2) is 11.9 Å². The van der Waals surface area contributed by atoms with Gasteiger partial charge < -0.3 is 92.7 Å². The molecular weight excluding hydrogens is 1100 g/mol. The number of pyridine rings is 4. The molecule has 1 aromatic carbocycles. The summed E-state index contributed by atoms with van der Waals surface area (Å²) in [7, 11) is 2.63. The van der Waals surface area contributed by atoms with Crippen LogP contribution in [0.5, 0.6) is 11.6 Å². The highest BCUT2D eigenvalue weighted by Crippen LogP contribution is 2.36. The van der Waals surface area contributed by atoms with Crippen molar-refractivity contribution in [2.24, 2.45) is 9.98 Å². The zero-order valence-corrected chi connectivity index (χ0v) is 42.7. The van der Waals surface area contributed by atoms with Crippen LogP contribution in [-0.4, -0.2) is 157 Å². The van der Waals surface area contributed by atoms with Crippen LogP contribution in [0.2, 0.25) is 15.2 Å². The number of aliphatic hydroxyl groups excluding tert-OH is 2. The minimum absolute atomic E-state index is 0.00774.